The molecule has 0 unspecified atom stereocenters. The molecule has 2 amide bonds. The average molecular weight is 437 g/mol. The third kappa shape index (κ3) is 4.23. The summed E-state index contributed by atoms with van der Waals surface area (Å²) in [5.74, 6) is 2.54. The Labute approximate surface area is 189 Å². The van der Waals surface area contributed by atoms with Crippen molar-refractivity contribution in [2.24, 2.45) is 5.92 Å². The average Bonchev–Trinajstić information content (AvgIpc) is 3.22. The van der Waals surface area contributed by atoms with E-state index in [2.05, 4.69) is 23.8 Å². The first-order chi connectivity index (χ1) is 15.3. The maximum atomic E-state index is 13.4. The quantitative estimate of drug-likeness (QED) is 0.712. The molecule has 0 spiro atoms. The maximum absolute atomic E-state index is 13.4. The highest BCUT2D eigenvalue weighted by Gasteiger charge is 2.36. The van der Waals surface area contributed by atoms with Gasteiger partial charge in [-0.2, -0.15) is 0 Å². The summed E-state index contributed by atoms with van der Waals surface area (Å²) in [4.78, 5) is 48.0. The molecule has 2 aliphatic heterocycles. The Bertz CT molecular complexity index is 1050. The number of rotatable bonds is 5. The van der Waals surface area contributed by atoms with Gasteiger partial charge in [0.25, 0.3) is 5.91 Å². The van der Waals surface area contributed by atoms with Crippen LogP contribution in [0.25, 0.3) is 0 Å². The lowest BCUT2D eigenvalue weighted by Crippen LogP contribution is -2.39. The maximum Gasteiger partial charge on any atom is 0.257 e. The number of anilines is 1. The van der Waals surface area contributed by atoms with Crippen LogP contribution in [-0.4, -0.2) is 49.7 Å². The smallest absolute Gasteiger partial charge is 0.257 e. The predicted octanol–water partition coefficient (Wildman–Crippen LogP) is 3.49. The zero-order valence-corrected chi connectivity index (χ0v) is 19.7. The first-order valence-electron chi connectivity index (χ1n) is 11.5. The van der Waals surface area contributed by atoms with Gasteiger partial charge in [0.2, 0.25) is 5.91 Å². The van der Waals surface area contributed by atoms with Crippen LogP contribution >= 0.6 is 0 Å². The molecule has 0 aromatic carbocycles. The number of hydrogen-bond acceptors (Lipinski definition) is 6. The summed E-state index contributed by atoms with van der Waals surface area (Å²) in [6.07, 6.45) is 5.39. The highest BCUT2D eigenvalue weighted by Crippen LogP contribution is 2.35. The molecule has 1 fully saturated rings. The standard InChI is InChI=1S/C24H32N6O2/c1-14(2)10-12-30-21(31)9-8-18-15(3)27-22(28-23(18)30)20-7-6-11-29(20)24(32)19-13-25-17(5)26-16(19)4/h13-14,20H,6-12H2,1-5H3/t20-/m0/s1. The summed E-state index contributed by atoms with van der Waals surface area (Å²) in [6.45, 7) is 11.3. The summed E-state index contributed by atoms with van der Waals surface area (Å²) in [5, 5.41) is 0. The molecule has 4 rings (SSSR count). The number of hydrogen-bond donors (Lipinski definition) is 0. The number of nitrogens with zero attached hydrogens (tertiary/aromatic N) is 6. The number of amides is 2. The van der Waals surface area contributed by atoms with Crippen LogP contribution in [0.3, 0.4) is 0 Å². The van der Waals surface area contributed by atoms with Crippen molar-refractivity contribution in [3.05, 3.63) is 40.4 Å². The lowest BCUT2D eigenvalue weighted by Gasteiger charge is -2.31. The van der Waals surface area contributed by atoms with E-state index in [1.807, 2.05) is 30.6 Å². The molecule has 32 heavy (non-hydrogen) atoms. The molecular formula is C24H32N6O2. The molecule has 0 radical (unpaired) electrons. The molecule has 2 aromatic heterocycles. The second-order valence-corrected chi connectivity index (χ2v) is 9.27. The molecule has 8 nitrogen and oxygen atoms in total. The SMILES string of the molecule is Cc1ncc(C(=O)N2CCC[C@H]2c2nc(C)c3c(n2)N(CCC(C)C)C(=O)CC3)c(C)n1. The zero-order valence-electron chi connectivity index (χ0n) is 19.7. The summed E-state index contributed by atoms with van der Waals surface area (Å²) in [5.41, 5.74) is 3.16. The van der Waals surface area contributed by atoms with E-state index in [0.29, 0.717) is 54.8 Å². The number of likely N-dealkylation sites (tertiary alicyclic amines) is 1. The molecule has 0 saturated carbocycles. The lowest BCUT2D eigenvalue weighted by molar-refractivity contribution is -0.119. The van der Waals surface area contributed by atoms with Gasteiger partial charge < -0.3 is 4.90 Å². The minimum atomic E-state index is -0.212. The van der Waals surface area contributed by atoms with Gasteiger partial charge in [-0.15, -0.1) is 0 Å². The van der Waals surface area contributed by atoms with Crippen molar-refractivity contribution < 1.29 is 9.59 Å². The van der Waals surface area contributed by atoms with Gasteiger partial charge in [0.05, 0.1) is 17.3 Å². The Hall–Kier alpha value is -2.90. The third-order valence-electron chi connectivity index (χ3n) is 6.43. The van der Waals surface area contributed by atoms with Crippen molar-refractivity contribution >= 4 is 17.6 Å². The number of fused-ring (bicyclic) bond motifs is 1. The zero-order chi connectivity index (χ0) is 23.0. The van der Waals surface area contributed by atoms with Gasteiger partial charge in [-0.25, -0.2) is 19.9 Å². The van der Waals surface area contributed by atoms with Gasteiger partial charge in [0.15, 0.2) is 5.82 Å². The fourth-order valence-electron chi connectivity index (χ4n) is 4.60. The van der Waals surface area contributed by atoms with Crippen LogP contribution in [0.2, 0.25) is 0 Å². The molecule has 2 aliphatic rings. The third-order valence-corrected chi connectivity index (χ3v) is 6.43. The Morgan fingerprint density at radius 1 is 1.12 bits per heavy atom. The van der Waals surface area contributed by atoms with E-state index in [0.717, 1.165) is 36.3 Å². The fourth-order valence-corrected chi connectivity index (χ4v) is 4.60. The number of carbonyl (C=O) groups excluding carboxylic acids is 2. The van der Waals surface area contributed by atoms with E-state index in [4.69, 9.17) is 9.97 Å². The van der Waals surface area contributed by atoms with Crippen molar-refractivity contribution in [1.82, 2.24) is 24.8 Å². The molecule has 1 saturated heterocycles. The Morgan fingerprint density at radius 3 is 2.62 bits per heavy atom. The summed E-state index contributed by atoms with van der Waals surface area (Å²) >= 11 is 0. The molecular weight excluding hydrogens is 404 g/mol. The highest BCUT2D eigenvalue weighted by molar-refractivity contribution is 5.96. The van der Waals surface area contributed by atoms with Gasteiger partial charge >= 0.3 is 0 Å². The number of aromatic nitrogens is 4. The molecule has 170 valence electrons. The van der Waals surface area contributed by atoms with Crippen molar-refractivity contribution in [3.8, 4) is 0 Å². The van der Waals surface area contributed by atoms with E-state index in [1.165, 1.54) is 0 Å². The van der Waals surface area contributed by atoms with Gasteiger partial charge in [0.1, 0.15) is 11.6 Å². The first-order valence-corrected chi connectivity index (χ1v) is 11.5. The first kappa shape index (κ1) is 22.3. The second-order valence-electron chi connectivity index (χ2n) is 9.27. The van der Waals surface area contributed by atoms with E-state index >= 15 is 0 Å². The highest BCUT2D eigenvalue weighted by atomic mass is 16.2. The van der Waals surface area contributed by atoms with E-state index in [-0.39, 0.29) is 17.9 Å². The molecule has 2 aromatic rings. The summed E-state index contributed by atoms with van der Waals surface area (Å²) < 4.78 is 0. The predicted molar refractivity (Wildman–Crippen MR) is 121 cm³/mol. The topological polar surface area (TPSA) is 92.2 Å². The van der Waals surface area contributed by atoms with Crippen molar-refractivity contribution in [2.45, 2.75) is 72.8 Å². The minimum Gasteiger partial charge on any atom is -0.328 e. The van der Waals surface area contributed by atoms with Crippen LogP contribution in [0.5, 0.6) is 0 Å². The van der Waals surface area contributed by atoms with Gasteiger partial charge in [-0.1, -0.05) is 13.8 Å². The van der Waals surface area contributed by atoms with Gasteiger partial charge in [-0.05, 0) is 52.4 Å². The number of aryl methyl sites for hydroxylation is 3. The van der Waals surface area contributed by atoms with Crippen LogP contribution in [0.4, 0.5) is 5.82 Å². The largest absolute Gasteiger partial charge is 0.328 e. The molecule has 1 atom stereocenters. The molecule has 0 bridgehead atoms. The number of carbonyl (C=O) groups is 2. The van der Waals surface area contributed by atoms with E-state index in [9.17, 15) is 9.59 Å². The van der Waals surface area contributed by atoms with Crippen molar-refractivity contribution in [2.75, 3.05) is 18.0 Å². The van der Waals surface area contributed by atoms with E-state index < -0.39 is 0 Å². The summed E-state index contributed by atoms with van der Waals surface area (Å²) in [7, 11) is 0. The second kappa shape index (κ2) is 8.92. The summed E-state index contributed by atoms with van der Waals surface area (Å²) in [6, 6.07) is -0.212. The Morgan fingerprint density at radius 2 is 1.91 bits per heavy atom. The van der Waals surface area contributed by atoms with Crippen molar-refractivity contribution in [1.29, 1.82) is 0 Å². The van der Waals surface area contributed by atoms with Gasteiger partial charge in [0, 0.05) is 37.0 Å². The Balaban J connectivity index is 1.68. The van der Waals surface area contributed by atoms with Crippen LogP contribution in [0.1, 0.15) is 84.5 Å². The Kier molecular flexibility index (Phi) is 6.22. The normalized spacial score (nSPS) is 18.4. The van der Waals surface area contributed by atoms with Crippen LogP contribution in [-0.2, 0) is 11.2 Å². The molecule has 8 heteroatoms. The van der Waals surface area contributed by atoms with Gasteiger partial charge in [-0.3, -0.25) is 14.5 Å². The van der Waals surface area contributed by atoms with Crippen LogP contribution < -0.4 is 4.90 Å². The van der Waals surface area contributed by atoms with Crippen LogP contribution in [0, 0.1) is 26.7 Å². The fraction of sp³-hybridized carbons (Fsp3) is 0.583. The monoisotopic (exact) mass is 436 g/mol. The molecule has 4 heterocycles. The van der Waals surface area contributed by atoms with E-state index in [1.54, 1.807) is 6.20 Å². The molecule has 0 N–H and O–H groups in total. The van der Waals surface area contributed by atoms with Crippen LogP contribution in [0.15, 0.2) is 6.20 Å². The minimum absolute atomic E-state index is 0.0864. The van der Waals surface area contributed by atoms with Crippen molar-refractivity contribution in [3.63, 3.8) is 0 Å². The lowest BCUT2D eigenvalue weighted by atomic mass is 10.0. The molecule has 0 aliphatic carbocycles.